The molecule has 1 heterocycles. The lowest BCUT2D eigenvalue weighted by Gasteiger charge is -2.07. The van der Waals surface area contributed by atoms with Gasteiger partial charge < -0.3 is 4.57 Å². The van der Waals surface area contributed by atoms with E-state index in [1.165, 1.54) is 0 Å². The van der Waals surface area contributed by atoms with Crippen LogP contribution in [0.3, 0.4) is 0 Å². The standard InChI is InChI=1S/C16H15NO/c1-3-7-13(4-2)12-17-11-10-14-8-5-6-9-15(14)16(17)18/h3-11H,1-2,12H2/b13-7+. The van der Waals surface area contributed by atoms with Gasteiger partial charge in [0.1, 0.15) is 0 Å². The molecular weight excluding hydrogens is 222 g/mol. The van der Waals surface area contributed by atoms with Crippen molar-refractivity contribution in [3.63, 3.8) is 0 Å². The number of fused-ring (bicyclic) bond motifs is 1. The van der Waals surface area contributed by atoms with Crippen molar-refractivity contribution < 1.29 is 0 Å². The third kappa shape index (κ3) is 2.33. The summed E-state index contributed by atoms with van der Waals surface area (Å²) in [5.74, 6) is 0. The maximum atomic E-state index is 12.3. The molecule has 0 amide bonds. The molecule has 0 bridgehead atoms. The van der Waals surface area contributed by atoms with Crippen molar-refractivity contribution in [3.05, 3.63) is 83.8 Å². The van der Waals surface area contributed by atoms with Gasteiger partial charge in [-0.3, -0.25) is 4.79 Å². The van der Waals surface area contributed by atoms with Crippen LogP contribution in [0.15, 0.2) is 78.3 Å². The molecule has 0 radical (unpaired) electrons. The first-order chi connectivity index (χ1) is 8.76. The van der Waals surface area contributed by atoms with Crippen LogP contribution in [-0.4, -0.2) is 4.57 Å². The fourth-order valence-corrected chi connectivity index (χ4v) is 1.89. The highest BCUT2D eigenvalue weighted by Gasteiger charge is 2.02. The van der Waals surface area contributed by atoms with Gasteiger partial charge >= 0.3 is 0 Å². The molecule has 1 aromatic carbocycles. The second-order valence-corrected chi connectivity index (χ2v) is 4.02. The maximum Gasteiger partial charge on any atom is 0.258 e. The van der Waals surface area contributed by atoms with Crippen LogP contribution >= 0.6 is 0 Å². The van der Waals surface area contributed by atoms with E-state index in [4.69, 9.17) is 0 Å². The van der Waals surface area contributed by atoms with Gasteiger partial charge in [0.2, 0.25) is 0 Å². The predicted octanol–water partition coefficient (Wildman–Crippen LogP) is 3.30. The Balaban J connectivity index is 2.50. The summed E-state index contributed by atoms with van der Waals surface area (Å²) in [6.45, 7) is 7.90. The summed E-state index contributed by atoms with van der Waals surface area (Å²) in [6.07, 6.45) is 7.10. The summed E-state index contributed by atoms with van der Waals surface area (Å²) >= 11 is 0. The second-order valence-electron chi connectivity index (χ2n) is 4.02. The highest BCUT2D eigenvalue weighted by Crippen LogP contribution is 2.09. The number of allylic oxidation sites excluding steroid dienone is 4. The average molecular weight is 237 g/mol. The first-order valence-corrected chi connectivity index (χ1v) is 5.78. The highest BCUT2D eigenvalue weighted by atomic mass is 16.1. The molecule has 0 aliphatic rings. The molecular formula is C16H15NO. The van der Waals surface area contributed by atoms with Crippen molar-refractivity contribution in [1.82, 2.24) is 4.57 Å². The summed E-state index contributed by atoms with van der Waals surface area (Å²) in [5.41, 5.74) is 0.979. The van der Waals surface area contributed by atoms with Crippen LogP contribution in [0.1, 0.15) is 0 Å². The van der Waals surface area contributed by atoms with Gasteiger partial charge in [-0.2, -0.15) is 0 Å². The SMILES string of the molecule is C=C/C=C(\C=C)Cn1ccc2ccccc2c1=O. The van der Waals surface area contributed by atoms with Crippen LogP contribution in [0, 0.1) is 0 Å². The van der Waals surface area contributed by atoms with Crippen LogP contribution in [0.25, 0.3) is 10.8 Å². The van der Waals surface area contributed by atoms with Crippen LogP contribution in [0.4, 0.5) is 0 Å². The quantitative estimate of drug-likeness (QED) is 0.748. The summed E-state index contributed by atoms with van der Waals surface area (Å²) in [6, 6.07) is 9.54. The molecule has 0 fully saturated rings. The third-order valence-corrected chi connectivity index (χ3v) is 2.83. The van der Waals surface area contributed by atoms with E-state index in [9.17, 15) is 4.79 Å². The van der Waals surface area contributed by atoms with E-state index in [0.29, 0.717) is 6.54 Å². The van der Waals surface area contributed by atoms with Crippen molar-refractivity contribution in [3.8, 4) is 0 Å². The van der Waals surface area contributed by atoms with Crippen molar-refractivity contribution in [2.75, 3.05) is 0 Å². The van der Waals surface area contributed by atoms with Crippen molar-refractivity contribution in [2.24, 2.45) is 0 Å². The molecule has 0 N–H and O–H groups in total. The Bertz CT molecular complexity index is 677. The molecule has 0 saturated carbocycles. The summed E-state index contributed by atoms with van der Waals surface area (Å²) in [4.78, 5) is 12.3. The Morgan fingerprint density at radius 1 is 1.22 bits per heavy atom. The van der Waals surface area contributed by atoms with Crippen molar-refractivity contribution in [2.45, 2.75) is 6.54 Å². The Labute approximate surface area is 106 Å². The molecule has 2 nitrogen and oxygen atoms in total. The van der Waals surface area contributed by atoms with E-state index in [-0.39, 0.29) is 5.56 Å². The number of hydrogen-bond acceptors (Lipinski definition) is 1. The minimum absolute atomic E-state index is 0.0184. The zero-order chi connectivity index (χ0) is 13.0. The first-order valence-electron chi connectivity index (χ1n) is 5.78. The topological polar surface area (TPSA) is 22.0 Å². The Hall–Kier alpha value is -2.35. The zero-order valence-corrected chi connectivity index (χ0v) is 10.2. The van der Waals surface area contributed by atoms with Gasteiger partial charge in [0.15, 0.2) is 0 Å². The molecule has 2 rings (SSSR count). The molecule has 2 heteroatoms. The minimum atomic E-state index is 0.0184. The Kier molecular flexibility index (Phi) is 3.58. The van der Waals surface area contributed by atoms with Gasteiger partial charge in [-0.15, -0.1) is 0 Å². The molecule has 2 aromatic rings. The van der Waals surface area contributed by atoms with Gasteiger partial charge in [0, 0.05) is 11.6 Å². The first kappa shape index (κ1) is 12.1. The number of aromatic nitrogens is 1. The monoisotopic (exact) mass is 237 g/mol. The second kappa shape index (κ2) is 5.32. The fraction of sp³-hybridized carbons (Fsp3) is 0.0625. The van der Waals surface area contributed by atoms with E-state index in [0.717, 1.165) is 16.3 Å². The van der Waals surface area contributed by atoms with Crippen molar-refractivity contribution >= 4 is 10.8 Å². The van der Waals surface area contributed by atoms with E-state index in [1.54, 1.807) is 16.7 Å². The normalized spacial score (nSPS) is 11.4. The molecule has 0 saturated heterocycles. The van der Waals surface area contributed by atoms with Gasteiger partial charge in [-0.05, 0) is 23.1 Å². The fourth-order valence-electron chi connectivity index (χ4n) is 1.89. The number of nitrogens with zero attached hydrogens (tertiary/aromatic N) is 1. The molecule has 0 aliphatic carbocycles. The van der Waals surface area contributed by atoms with Gasteiger partial charge in [-0.1, -0.05) is 49.6 Å². The van der Waals surface area contributed by atoms with E-state index in [2.05, 4.69) is 13.2 Å². The van der Waals surface area contributed by atoms with Crippen LogP contribution in [0.5, 0.6) is 0 Å². The number of pyridine rings is 1. The highest BCUT2D eigenvalue weighted by molar-refractivity contribution is 5.81. The molecule has 0 atom stereocenters. The minimum Gasteiger partial charge on any atom is -0.311 e. The summed E-state index contributed by atoms with van der Waals surface area (Å²) < 4.78 is 1.68. The number of benzene rings is 1. The van der Waals surface area contributed by atoms with Gasteiger partial charge in [-0.25, -0.2) is 0 Å². The Morgan fingerprint density at radius 3 is 2.72 bits per heavy atom. The molecule has 0 unspecified atom stereocenters. The van der Waals surface area contributed by atoms with Gasteiger partial charge in [0.25, 0.3) is 5.56 Å². The largest absolute Gasteiger partial charge is 0.311 e. The van der Waals surface area contributed by atoms with E-state index < -0.39 is 0 Å². The van der Waals surface area contributed by atoms with Crippen LogP contribution in [0.2, 0.25) is 0 Å². The van der Waals surface area contributed by atoms with Gasteiger partial charge in [0.05, 0.1) is 6.54 Å². The molecule has 90 valence electrons. The molecule has 18 heavy (non-hydrogen) atoms. The van der Waals surface area contributed by atoms with Crippen LogP contribution < -0.4 is 5.56 Å². The number of hydrogen-bond donors (Lipinski definition) is 0. The maximum absolute atomic E-state index is 12.3. The number of rotatable bonds is 4. The van der Waals surface area contributed by atoms with E-state index >= 15 is 0 Å². The lowest BCUT2D eigenvalue weighted by atomic mass is 10.1. The molecule has 1 aromatic heterocycles. The predicted molar refractivity (Wildman–Crippen MR) is 76.7 cm³/mol. The zero-order valence-electron chi connectivity index (χ0n) is 10.2. The molecule has 0 aliphatic heterocycles. The Morgan fingerprint density at radius 2 is 2.00 bits per heavy atom. The van der Waals surface area contributed by atoms with E-state index in [1.807, 2.05) is 42.6 Å². The summed E-state index contributed by atoms with van der Waals surface area (Å²) in [5, 5.41) is 1.70. The average Bonchev–Trinajstić information content (AvgIpc) is 2.41. The molecule has 0 spiro atoms. The smallest absolute Gasteiger partial charge is 0.258 e. The third-order valence-electron chi connectivity index (χ3n) is 2.83. The lowest BCUT2D eigenvalue weighted by Crippen LogP contribution is -2.20. The van der Waals surface area contributed by atoms with Crippen molar-refractivity contribution in [1.29, 1.82) is 0 Å². The summed E-state index contributed by atoms with van der Waals surface area (Å²) in [7, 11) is 0. The van der Waals surface area contributed by atoms with Crippen LogP contribution in [-0.2, 0) is 6.54 Å². The lowest BCUT2D eigenvalue weighted by molar-refractivity contribution is 0.767.